The Morgan fingerprint density at radius 3 is 3.00 bits per heavy atom. The van der Waals surface area contributed by atoms with Gasteiger partial charge in [0, 0.05) is 48.9 Å². The Morgan fingerprint density at radius 1 is 1.39 bits per heavy atom. The van der Waals surface area contributed by atoms with E-state index in [0.717, 1.165) is 28.5 Å². The summed E-state index contributed by atoms with van der Waals surface area (Å²) >= 11 is -2.10. The van der Waals surface area contributed by atoms with E-state index in [1.165, 1.54) is 4.57 Å². The number of fused-ring (bicyclic) bond motifs is 1. The van der Waals surface area contributed by atoms with Gasteiger partial charge in [0.05, 0.1) is 13.2 Å². The van der Waals surface area contributed by atoms with Crippen molar-refractivity contribution in [1.82, 2.24) is 14.3 Å². The van der Waals surface area contributed by atoms with E-state index < -0.39 is 11.3 Å². The van der Waals surface area contributed by atoms with Crippen molar-refractivity contribution < 1.29 is 18.2 Å². The van der Waals surface area contributed by atoms with Crippen LogP contribution in [-0.4, -0.2) is 37.6 Å². The number of rotatable bonds is 6. The van der Waals surface area contributed by atoms with Gasteiger partial charge < -0.3 is 19.0 Å². The molecule has 1 aliphatic heterocycles. The van der Waals surface area contributed by atoms with Gasteiger partial charge in [0.1, 0.15) is 17.4 Å². The Kier molecular flexibility index (Phi) is 5.31. The van der Waals surface area contributed by atoms with Crippen molar-refractivity contribution in [2.45, 2.75) is 19.1 Å². The predicted molar refractivity (Wildman–Crippen MR) is 106 cm³/mol. The van der Waals surface area contributed by atoms with E-state index in [4.69, 9.17) is 14.0 Å². The van der Waals surface area contributed by atoms with Crippen molar-refractivity contribution in [2.24, 2.45) is 7.05 Å². The molecule has 3 heterocycles. The molecular formula is C19H21N3O5S. The standard InChI is InChI=1S/C19H21N3O5S/c1-22-10-16(14-4-6-20-18(14)19(22)23)15-8-12(9-21-28(24)25)2-3-17(15)27-13-5-7-26-11-13/h2-4,6,8,10,13,20-21H,5,7,9,11H2,1H3,(H,24,25). The van der Waals surface area contributed by atoms with Crippen LogP contribution in [0.25, 0.3) is 22.0 Å². The molecule has 1 aromatic carbocycles. The van der Waals surface area contributed by atoms with Gasteiger partial charge in [-0.1, -0.05) is 6.07 Å². The first kappa shape index (κ1) is 18.9. The number of hydrogen-bond acceptors (Lipinski definition) is 4. The van der Waals surface area contributed by atoms with Crippen LogP contribution in [0.5, 0.6) is 5.75 Å². The third-order valence-electron chi connectivity index (χ3n) is 4.81. The molecular weight excluding hydrogens is 382 g/mol. The molecule has 0 spiro atoms. The highest BCUT2D eigenvalue weighted by Gasteiger charge is 2.21. The zero-order valence-corrected chi connectivity index (χ0v) is 16.1. The second kappa shape index (κ2) is 7.88. The lowest BCUT2D eigenvalue weighted by Crippen LogP contribution is -2.18. The quantitative estimate of drug-likeness (QED) is 0.546. The van der Waals surface area contributed by atoms with Gasteiger partial charge in [-0.15, -0.1) is 0 Å². The van der Waals surface area contributed by atoms with E-state index in [9.17, 15) is 9.00 Å². The van der Waals surface area contributed by atoms with Crippen molar-refractivity contribution in [1.29, 1.82) is 0 Å². The van der Waals surface area contributed by atoms with Crippen molar-refractivity contribution >= 4 is 22.2 Å². The van der Waals surface area contributed by atoms with Gasteiger partial charge >= 0.3 is 0 Å². The van der Waals surface area contributed by atoms with Crippen molar-refractivity contribution in [2.75, 3.05) is 13.2 Å². The van der Waals surface area contributed by atoms with E-state index in [2.05, 4.69) is 9.71 Å². The monoisotopic (exact) mass is 403 g/mol. The topological polar surface area (TPSA) is 106 Å². The lowest BCUT2D eigenvalue weighted by molar-refractivity contribution is 0.141. The number of nitrogens with one attached hydrogen (secondary N) is 2. The summed E-state index contributed by atoms with van der Waals surface area (Å²) in [6.07, 6.45) is 4.31. The molecule has 1 aliphatic rings. The molecule has 9 heteroatoms. The van der Waals surface area contributed by atoms with Gasteiger partial charge in [0.15, 0.2) is 0 Å². The maximum atomic E-state index is 12.4. The highest BCUT2D eigenvalue weighted by atomic mass is 32.2. The Hall–Kier alpha value is -2.46. The molecule has 0 saturated carbocycles. The molecule has 4 rings (SSSR count). The number of hydrogen-bond donors (Lipinski definition) is 3. The summed E-state index contributed by atoms with van der Waals surface area (Å²) in [7, 11) is 1.71. The first-order valence-electron chi connectivity index (χ1n) is 8.91. The first-order valence-corrected chi connectivity index (χ1v) is 10.0. The molecule has 1 saturated heterocycles. The van der Waals surface area contributed by atoms with Crippen LogP contribution in [0, 0.1) is 0 Å². The molecule has 2 atom stereocenters. The van der Waals surface area contributed by atoms with Gasteiger partial charge in [0.25, 0.3) is 5.56 Å². The molecule has 1 fully saturated rings. The number of pyridine rings is 1. The van der Waals surface area contributed by atoms with Gasteiger partial charge in [-0.25, -0.2) is 8.93 Å². The number of ether oxygens (including phenoxy) is 2. The Morgan fingerprint density at radius 2 is 2.25 bits per heavy atom. The fourth-order valence-corrected chi connectivity index (χ4v) is 3.70. The first-order chi connectivity index (χ1) is 13.5. The molecule has 2 unspecified atom stereocenters. The average molecular weight is 403 g/mol. The minimum atomic E-state index is -2.10. The predicted octanol–water partition coefficient (Wildman–Crippen LogP) is 1.93. The maximum absolute atomic E-state index is 12.4. The molecule has 0 radical (unpaired) electrons. The molecule has 3 aromatic rings. The molecule has 0 aliphatic carbocycles. The maximum Gasteiger partial charge on any atom is 0.274 e. The summed E-state index contributed by atoms with van der Waals surface area (Å²) in [5, 5.41) is 0.798. The highest BCUT2D eigenvalue weighted by molar-refractivity contribution is 7.77. The Bertz CT molecular complexity index is 1080. The molecule has 2 aromatic heterocycles. The van der Waals surface area contributed by atoms with Crippen LogP contribution in [0.4, 0.5) is 0 Å². The van der Waals surface area contributed by atoms with Crippen LogP contribution < -0.4 is 15.0 Å². The Labute approximate surface area is 163 Å². The normalized spacial score (nSPS) is 17.9. The van der Waals surface area contributed by atoms with Crippen molar-refractivity contribution in [3.05, 3.63) is 52.6 Å². The highest BCUT2D eigenvalue weighted by Crippen LogP contribution is 2.36. The molecule has 0 amide bonds. The molecule has 3 N–H and O–H groups in total. The lowest BCUT2D eigenvalue weighted by Gasteiger charge is -2.18. The summed E-state index contributed by atoms with van der Waals surface area (Å²) in [6, 6.07) is 7.48. The fourth-order valence-electron chi connectivity index (χ4n) is 3.41. The zero-order chi connectivity index (χ0) is 19.7. The van der Waals surface area contributed by atoms with E-state index in [1.54, 1.807) is 19.4 Å². The van der Waals surface area contributed by atoms with Crippen molar-refractivity contribution in [3.63, 3.8) is 0 Å². The second-order valence-electron chi connectivity index (χ2n) is 6.73. The van der Waals surface area contributed by atoms with Gasteiger partial charge in [-0.3, -0.25) is 9.35 Å². The molecule has 8 nitrogen and oxygen atoms in total. The number of aromatic nitrogens is 2. The summed E-state index contributed by atoms with van der Waals surface area (Å²) in [5.41, 5.74) is 2.90. The third kappa shape index (κ3) is 3.74. The van der Waals surface area contributed by atoms with E-state index >= 15 is 0 Å². The van der Waals surface area contributed by atoms with Gasteiger partial charge in [-0.05, 0) is 23.8 Å². The minimum Gasteiger partial charge on any atom is -0.487 e. The van der Waals surface area contributed by atoms with Crippen LogP contribution >= 0.6 is 0 Å². The largest absolute Gasteiger partial charge is 0.487 e. The minimum absolute atomic E-state index is 0.0260. The van der Waals surface area contributed by atoms with Crippen LogP contribution in [0.3, 0.4) is 0 Å². The Balaban J connectivity index is 1.83. The number of benzene rings is 1. The SMILES string of the molecule is Cn1cc(-c2cc(CNS(=O)O)ccc2OC2CCOC2)c2cc[nH]c2c1=O. The zero-order valence-electron chi connectivity index (χ0n) is 15.3. The lowest BCUT2D eigenvalue weighted by atomic mass is 10.00. The van der Waals surface area contributed by atoms with Gasteiger partial charge in [0.2, 0.25) is 11.3 Å². The number of H-pyrrole nitrogens is 1. The third-order valence-corrected chi connectivity index (χ3v) is 5.20. The molecule has 28 heavy (non-hydrogen) atoms. The summed E-state index contributed by atoms with van der Waals surface area (Å²) in [4.78, 5) is 15.4. The second-order valence-corrected chi connectivity index (χ2v) is 7.52. The van der Waals surface area contributed by atoms with Crippen LogP contribution in [0.2, 0.25) is 0 Å². The molecule has 148 valence electrons. The van der Waals surface area contributed by atoms with E-state index in [-0.39, 0.29) is 18.2 Å². The number of aromatic amines is 1. The van der Waals surface area contributed by atoms with Crippen LogP contribution in [0.1, 0.15) is 12.0 Å². The molecule has 0 bridgehead atoms. The van der Waals surface area contributed by atoms with Crippen LogP contribution in [0.15, 0.2) is 41.5 Å². The van der Waals surface area contributed by atoms with E-state index in [0.29, 0.717) is 24.5 Å². The smallest absolute Gasteiger partial charge is 0.274 e. The van der Waals surface area contributed by atoms with E-state index in [1.807, 2.05) is 24.3 Å². The van der Waals surface area contributed by atoms with Crippen molar-refractivity contribution in [3.8, 4) is 16.9 Å². The number of aryl methyl sites for hydroxylation is 1. The van der Waals surface area contributed by atoms with Crippen LogP contribution in [-0.2, 0) is 29.6 Å². The fraction of sp³-hybridized carbons (Fsp3) is 0.316. The summed E-state index contributed by atoms with van der Waals surface area (Å²) in [5.74, 6) is 0.686. The number of nitrogens with zero attached hydrogens (tertiary/aromatic N) is 1. The average Bonchev–Trinajstić information content (AvgIpc) is 3.36. The summed E-state index contributed by atoms with van der Waals surface area (Å²) < 4.78 is 35.6. The van der Waals surface area contributed by atoms with Gasteiger partial charge in [-0.2, -0.15) is 0 Å². The summed E-state index contributed by atoms with van der Waals surface area (Å²) in [6.45, 7) is 1.44.